The van der Waals surface area contributed by atoms with Crippen molar-refractivity contribution >= 4 is 0 Å². The maximum Gasteiger partial charge on any atom is 0.254 e. The summed E-state index contributed by atoms with van der Waals surface area (Å²) in [6.45, 7) is 2.98. The molecule has 0 aromatic carbocycles. The van der Waals surface area contributed by atoms with Crippen LogP contribution in [-0.4, -0.2) is 22.6 Å². The van der Waals surface area contributed by atoms with Crippen LogP contribution in [-0.2, 0) is 6.42 Å². The van der Waals surface area contributed by atoms with Crippen LogP contribution in [0, 0.1) is 6.92 Å². The van der Waals surface area contributed by atoms with E-state index < -0.39 is 0 Å². The molecule has 1 aliphatic carbocycles. The van der Waals surface area contributed by atoms with Gasteiger partial charge in [-0.25, -0.2) is 4.98 Å². The van der Waals surface area contributed by atoms with E-state index in [-0.39, 0.29) is 5.56 Å². The van der Waals surface area contributed by atoms with Crippen LogP contribution in [0.1, 0.15) is 48.7 Å². The first-order valence-corrected chi connectivity index (χ1v) is 6.57. The normalized spacial score (nSPS) is 24.2. The minimum absolute atomic E-state index is 0.0508. The van der Waals surface area contributed by atoms with Gasteiger partial charge in [0.2, 0.25) is 0 Å². The van der Waals surface area contributed by atoms with Gasteiger partial charge in [0, 0.05) is 23.9 Å². The van der Waals surface area contributed by atoms with E-state index in [1.54, 1.807) is 0 Å². The summed E-state index contributed by atoms with van der Waals surface area (Å²) in [7, 11) is 0. The molecular weight excluding hydrogens is 214 g/mol. The highest BCUT2D eigenvalue weighted by atomic mass is 16.1. The van der Waals surface area contributed by atoms with E-state index in [0.717, 1.165) is 30.0 Å². The number of nitrogens with zero attached hydrogens (tertiary/aromatic N) is 1. The van der Waals surface area contributed by atoms with Gasteiger partial charge in [-0.05, 0) is 39.2 Å². The number of hydrogen-bond acceptors (Lipinski definition) is 3. The second-order valence-corrected chi connectivity index (χ2v) is 5.29. The highest BCUT2D eigenvalue weighted by Crippen LogP contribution is 2.37. The highest BCUT2D eigenvalue weighted by molar-refractivity contribution is 5.20. The summed E-state index contributed by atoms with van der Waals surface area (Å²) in [5.74, 6) is 1.42. The van der Waals surface area contributed by atoms with Gasteiger partial charge in [-0.15, -0.1) is 0 Å². The molecule has 0 amide bonds. The number of aromatic nitrogens is 2. The fourth-order valence-corrected chi connectivity index (χ4v) is 2.51. The minimum atomic E-state index is 0.0508. The molecule has 1 aromatic heterocycles. The van der Waals surface area contributed by atoms with Gasteiger partial charge >= 0.3 is 0 Å². The first-order valence-electron chi connectivity index (χ1n) is 6.57. The number of nitrogens with one attached hydrogen (secondary N) is 2. The van der Waals surface area contributed by atoms with Crippen molar-refractivity contribution in [3.8, 4) is 0 Å². The minimum Gasteiger partial charge on any atom is -0.314 e. The Kier molecular flexibility index (Phi) is 2.74. The molecular formula is C13H19N3O. The van der Waals surface area contributed by atoms with Gasteiger partial charge in [-0.1, -0.05) is 0 Å². The number of aromatic amines is 1. The Balaban J connectivity index is 1.87. The van der Waals surface area contributed by atoms with E-state index in [1.807, 2.05) is 6.92 Å². The molecule has 2 heterocycles. The third-order valence-electron chi connectivity index (χ3n) is 3.84. The van der Waals surface area contributed by atoms with Crippen LogP contribution in [0.2, 0.25) is 0 Å². The third kappa shape index (κ3) is 2.27. The maximum absolute atomic E-state index is 11.9. The third-order valence-corrected chi connectivity index (χ3v) is 3.84. The van der Waals surface area contributed by atoms with Crippen molar-refractivity contribution in [1.82, 2.24) is 15.3 Å². The lowest BCUT2D eigenvalue weighted by Crippen LogP contribution is -2.27. The zero-order valence-corrected chi connectivity index (χ0v) is 10.3. The zero-order valence-electron chi connectivity index (χ0n) is 10.3. The molecule has 0 spiro atoms. The van der Waals surface area contributed by atoms with Crippen molar-refractivity contribution in [3.63, 3.8) is 0 Å². The smallest absolute Gasteiger partial charge is 0.254 e. The van der Waals surface area contributed by atoms with Crippen LogP contribution in [0.4, 0.5) is 0 Å². The second-order valence-electron chi connectivity index (χ2n) is 5.29. The molecule has 1 unspecified atom stereocenters. The summed E-state index contributed by atoms with van der Waals surface area (Å²) in [5.41, 5.74) is 1.84. The number of H-pyrrole nitrogens is 1. The number of hydrogen-bond donors (Lipinski definition) is 2. The molecule has 17 heavy (non-hydrogen) atoms. The van der Waals surface area contributed by atoms with Crippen molar-refractivity contribution in [2.45, 2.75) is 51.0 Å². The van der Waals surface area contributed by atoms with Gasteiger partial charge in [0.05, 0.1) is 5.69 Å². The lowest BCUT2D eigenvalue weighted by atomic mass is 10.1. The van der Waals surface area contributed by atoms with Gasteiger partial charge in [-0.3, -0.25) is 4.79 Å². The number of rotatable bonds is 3. The largest absolute Gasteiger partial charge is 0.314 e. The molecule has 2 N–H and O–H groups in total. The Bertz CT molecular complexity index is 470. The molecule has 1 aliphatic heterocycles. The van der Waals surface area contributed by atoms with Crippen molar-refractivity contribution in [1.29, 1.82) is 0 Å². The second kappa shape index (κ2) is 4.26. The summed E-state index contributed by atoms with van der Waals surface area (Å²) in [6.07, 6.45) is 5.69. The topological polar surface area (TPSA) is 57.8 Å². The SMILES string of the molecule is Cc1c(CC2CCCN2)nc(C2CC2)[nH]c1=O. The van der Waals surface area contributed by atoms with Crippen molar-refractivity contribution < 1.29 is 0 Å². The Morgan fingerprint density at radius 1 is 1.35 bits per heavy atom. The summed E-state index contributed by atoms with van der Waals surface area (Å²) in [5, 5.41) is 3.46. The van der Waals surface area contributed by atoms with E-state index >= 15 is 0 Å². The molecule has 4 nitrogen and oxygen atoms in total. The molecule has 1 aromatic rings. The quantitative estimate of drug-likeness (QED) is 0.826. The van der Waals surface area contributed by atoms with Gasteiger partial charge in [0.1, 0.15) is 5.82 Å². The average molecular weight is 233 g/mol. The van der Waals surface area contributed by atoms with Crippen LogP contribution < -0.4 is 10.9 Å². The van der Waals surface area contributed by atoms with E-state index in [2.05, 4.69) is 15.3 Å². The van der Waals surface area contributed by atoms with Gasteiger partial charge in [0.15, 0.2) is 0 Å². The summed E-state index contributed by atoms with van der Waals surface area (Å²) >= 11 is 0. The van der Waals surface area contributed by atoms with Crippen molar-refractivity contribution in [3.05, 3.63) is 27.4 Å². The Morgan fingerprint density at radius 3 is 2.82 bits per heavy atom. The molecule has 92 valence electrons. The standard InChI is InChI=1S/C13H19N3O/c1-8-11(7-10-3-2-6-14-10)15-12(9-4-5-9)16-13(8)17/h9-10,14H,2-7H2,1H3,(H,15,16,17). The maximum atomic E-state index is 11.9. The summed E-state index contributed by atoms with van der Waals surface area (Å²) < 4.78 is 0. The molecule has 2 fully saturated rings. The van der Waals surface area contributed by atoms with Crippen LogP contribution >= 0.6 is 0 Å². The van der Waals surface area contributed by atoms with Crippen LogP contribution in [0.5, 0.6) is 0 Å². The molecule has 1 saturated carbocycles. The Hall–Kier alpha value is -1.16. The molecule has 0 radical (unpaired) electrons. The Labute approximate surface area is 101 Å². The van der Waals surface area contributed by atoms with Crippen LogP contribution in [0.15, 0.2) is 4.79 Å². The van der Waals surface area contributed by atoms with Crippen LogP contribution in [0.3, 0.4) is 0 Å². The molecule has 4 heteroatoms. The first-order chi connectivity index (χ1) is 8.24. The molecule has 0 bridgehead atoms. The van der Waals surface area contributed by atoms with E-state index in [0.29, 0.717) is 12.0 Å². The van der Waals surface area contributed by atoms with Crippen molar-refractivity contribution in [2.75, 3.05) is 6.54 Å². The van der Waals surface area contributed by atoms with Crippen LogP contribution in [0.25, 0.3) is 0 Å². The van der Waals surface area contributed by atoms with Gasteiger partial charge in [-0.2, -0.15) is 0 Å². The highest BCUT2D eigenvalue weighted by Gasteiger charge is 2.27. The van der Waals surface area contributed by atoms with Gasteiger partial charge in [0.25, 0.3) is 5.56 Å². The molecule has 2 aliphatic rings. The monoisotopic (exact) mass is 233 g/mol. The van der Waals surface area contributed by atoms with E-state index in [9.17, 15) is 4.79 Å². The predicted octanol–water partition coefficient (Wildman–Crippen LogP) is 1.25. The molecule has 3 rings (SSSR count). The first kappa shape index (κ1) is 11.0. The van der Waals surface area contributed by atoms with E-state index in [4.69, 9.17) is 0 Å². The summed E-state index contributed by atoms with van der Waals surface area (Å²) in [6, 6.07) is 0.509. The molecule has 1 saturated heterocycles. The fraction of sp³-hybridized carbons (Fsp3) is 0.692. The predicted molar refractivity (Wildman–Crippen MR) is 66.3 cm³/mol. The lowest BCUT2D eigenvalue weighted by molar-refractivity contribution is 0.589. The Morgan fingerprint density at radius 2 is 2.18 bits per heavy atom. The van der Waals surface area contributed by atoms with E-state index in [1.165, 1.54) is 25.7 Å². The summed E-state index contributed by atoms with van der Waals surface area (Å²) in [4.78, 5) is 19.4. The van der Waals surface area contributed by atoms with Crippen molar-refractivity contribution in [2.24, 2.45) is 0 Å². The zero-order chi connectivity index (χ0) is 11.8. The fourth-order valence-electron chi connectivity index (χ4n) is 2.51. The lowest BCUT2D eigenvalue weighted by Gasteiger charge is -2.12. The van der Waals surface area contributed by atoms with Gasteiger partial charge < -0.3 is 10.3 Å². The molecule has 1 atom stereocenters. The average Bonchev–Trinajstić information content (AvgIpc) is 3.04.